The number of aromatic nitrogens is 4. The number of fused-ring (bicyclic) bond motifs is 1. The number of rotatable bonds is 5. The van der Waals surface area contributed by atoms with Gasteiger partial charge in [0.05, 0.1) is 23.0 Å². The number of hydrogen-bond acceptors (Lipinski definition) is 5. The third kappa shape index (κ3) is 4.24. The molecule has 0 saturated carbocycles. The van der Waals surface area contributed by atoms with E-state index in [0.29, 0.717) is 16.7 Å². The number of imidazole rings is 1. The Kier molecular flexibility index (Phi) is 5.01. The van der Waals surface area contributed by atoms with Gasteiger partial charge in [-0.15, -0.1) is 0 Å². The Hall–Kier alpha value is -2.12. The molecule has 0 aliphatic carbocycles. The number of nitrogens with zero attached hydrogens (tertiary/aromatic N) is 4. The first-order valence-electron chi connectivity index (χ1n) is 7.34. The molecule has 0 saturated heterocycles. The van der Waals surface area contributed by atoms with Gasteiger partial charge in [0.25, 0.3) is 0 Å². The minimum absolute atomic E-state index is 0.0853. The summed E-state index contributed by atoms with van der Waals surface area (Å²) in [6.07, 6.45) is 3.63. The zero-order chi connectivity index (χ0) is 17.1. The number of carbonyl (C=O) groups excluding carboxylic acids is 1. The van der Waals surface area contributed by atoms with Gasteiger partial charge in [0.2, 0.25) is 5.91 Å². The lowest BCUT2D eigenvalue weighted by molar-refractivity contribution is -0.118. The van der Waals surface area contributed by atoms with Gasteiger partial charge in [-0.2, -0.15) is 0 Å². The Morgan fingerprint density at radius 2 is 1.96 bits per heavy atom. The van der Waals surface area contributed by atoms with Crippen LogP contribution in [0.3, 0.4) is 0 Å². The van der Waals surface area contributed by atoms with Gasteiger partial charge >= 0.3 is 0 Å². The minimum Gasteiger partial charge on any atom is -0.350 e. The summed E-state index contributed by atoms with van der Waals surface area (Å²) in [4.78, 5) is 25.0. The van der Waals surface area contributed by atoms with Crippen molar-refractivity contribution in [2.45, 2.75) is 25.5 Å². The third-order valence-electron chi connectivity index (χ3n) is 3.23. The van der Waals surface area contributed by atoms with Crippen LogP contribution >= 0.6 is 23.4 Å². The van der Waals surface area contributed by atoms with E-state index in [1.165, 1.54) is 11.8 Å². The molecule has 3 rings (SSSR count). The fourth-order valence-corrected chi connectivity index (χ4v) is 3.18. The number of halogens is 1. The molecular weight excluding hydrogens is 346 g/mol. The van der Waals surface area contributed by atoms with Gasteiger partial charge < -0.3 is 9.72 Å². The van der Waals surface area contributed by atoms with Gasteiger partial charge in [-0.25, -0.2) is 15.0 Å². The fraction of sp³-hybridized carbons (Fsp3) is 0.250. The largest absolute Gasteiger partial charge is 0.350 e. The molecule has 1 N–H and O–H groups in total. The van der Waals surface area contributed by atoms with Gasteiger partial charge in [-0.05, 0) is 32.0 Å². The quantitative estimate of drug-likeness (QED) is 0.559. The topological polar surface area (TPSA) is 72.2 Å². The lowest BCUT2D eigenvalue weighted by Gasteiger charge is -2.04. The van der Waals surface area contributed by atoms with Gasteiger partial charge in [0.15, 0.2) is 5.16 Å². The minimum atomic E-state index is -0.0853. The van der Waals surface area contributed by atoms with Crippen LogP contribution < -0.4 is 5.32 Å². The molecule has 0 aliphatic rings. The molecule has 0 unspecified atom stereocenters. The monoisotopic (exact) mass is 361 g/mol. The lowest BCUT2D eigenvalue weighted by Crippen LogP contribution is -2.24. The summed E-state index contributed by atoms with van der Waals surface area (Å²) in [6.45, 7) is 4.19. The third-order valence-corrected chi connectivity index (χ3v) is 4.30. The molecule has 0 aliphatic heterocycles. The van der Waals surface area contributed by atoms with Crippen molar-refractivity contribution in [2.24, 2.45) is 0 Å². The molecule has 1 amide bonds. The molecule has 0 fully saturated rings. The second kappa shape index (κ2) is 7.19. The highest BCUT2D eigenvalue weighted by Gasteiger charge is 2.08. The zero-order valence-corrected chi connectivity index (χ0v) is 14.9. The van der Waals surface area contributed by atoms with E-state index in [-0.39, 0.29) is 11.7 Å². The molecule has 124 valence electrons. The fourth-order valence-electron chi connectivity index (χ4n) is 2.23. The van der Waals surface area contributed by atoms with Crippen LogP contribution in [0.15, 0.2) is 35.7 Å². The number of amides is 1. The molecule has 3 aromatic heterocycles. The Morgan fingerprint density at radius 3 is 2.71 bits per heavy atom. The van der Waals surface area contributed by atoms with Crippen LogP contribution in [0.4, 0.5) is 0 Å². The maximum Gasteiger partial charge on any atom is 0.230 e. The SMILES string of the molecule is Cc1cc(C)nc(SCC(=O)NCc2cn3cc(Cl)ccc3n2)n1. The average molecular weight is 362 g/mol. The van der Waals surface area contributed by atoms with Crippen LogP contribution in [-0.4, -0.2) is 31.0 Å². The Balaban J connectivity index is 1.54. The second-order valence-electron chi connectivity index (χ2n) is 5.34. The Morgan fingerprint density at radius 1 is 1.21 bits per heavy atom. The highest BCUT2D eigenvalue weighted by molar-refractivity contribution is 7.99. The van der Waals surface area contributed by atoms with E-state index in [0.717, 1.165) is 22.7 Å². The molecular formula is C16H16ClN5OS. The Labute approximate surface area is 148 Å². The smallest absolute Gasteiger partial charge is 0.230 e. The van der Waals surface area contributed by atoms with E-state index in [1.807, 2.05) is 36.6 Å². The molecule has 0 aromatic carbocycles. The van der Waals surface area contributed by atoms with Crippen LogP contribution in [0.5, 0.6) is 0 Å². The highest BCUT2D eigenvalue weighted by Crippen LogP contribution is 2.14. The maximum absolute atomic E-state index is 12.0. The van der Waals surface area contributed by atoms with Crippen LogP contribution in [0.25, 0.3) is 5.65 Å². The van der Waals surface area contributed by atoms with Crippen molar-refractivity contribution in [3.63, 3.8) is 0 Å². The van der Waals surface area contributed by atoms with Crippen molar-refractivity contribution in [1.29, 1.82) is 0 Å². The molecule has 0 bridgehead atoms. The van der Waals surface area contributed by atoms with Crippen molar-refractivity contribution >= 4 is 34.9 Å². The summed E-state index contributed by atoms with van der Waals surface area (Å²) in [7, 11) is 0. The van der Waals surface area contributed by atoms with Crippen molar-refractivity contribution in [3.8, 4) is 0 Å². The molecule has 0 atom stereocenters. The molecule has 6 nitrogen and oxygen atoms in total. The van der Waals surface area contributed by atoms with E-state index in [1.54, 1.807) is 12.3 Å². The van der Waals surface area contributed by atoms with Gasteiger partial charge in [-0.1, -0.05) is 23.4 Å². The van der Waals surface area contributed by atoms with E-state index >= 15 is 0 Å². The summed E-state index contributed by atoms with van der Waals surface area (Å²) in [5.41, 5.74) is 3.36. The average Bonchev–Trinajstić information content (AvgIpc) is 2.92. The summed E-state index contributed by atoms with van der Waals surface area (Å²) >= 11 is 7.27. The summed E-state index contributed by atoms with van der Waals surface area (Å²) in [5.74, 6) is 0.181. The number of aryl methyl sites for hydroxylation is 2. The number of hydrogen-bond donors (Lipinski definition) is 1. The number of thioether (sulfide) groups is 1. The van der Waals surface area contributed by atoms with Crippen LogP contribution in [0.2, 0.25) is 5.02 Å². The van der Waals surface area contributed by atoms with Gasteiger partial charge in [0.1, 0.15) is 5.65 Å². The first-order chi connectivity index (χ1) is 11.5. The van der Waals surface area contributed by atoms with Gasteiger partial charge in [-0.3, -0.25) is 4.79 Å². The van der Waals surface area contributed by atoms with Gasteiger partial charge in [0, 0.05) is 23.8 Å². The number of carbonyl (C=O) groups is 1. The van der Waals surface area contributed by atoms with E-state index in [4.69, 9.17) is 11.6 Å². The predicted molar refractivity (Wildman–Crippen MR) is 94.3 cm³/mol. The van der Waals surface area contributed by atoms with Crippen LogP contribution in [-0.2, 0) is 11.3 Å². The molecule has 0 spiro atoms. The lowest BCUT2D eigenvalue weighted by atomic mass is 10.4. The number of nitrogens with one attached hydrogen (secondary N) is 1. The van der Waals surface area contributed by atoms with Crippen LogP contribution in [0.1, 0.15) is 17.1 Å². The molecule has 24 heavy (non-hydrogen) atoms. The van der Waals surface area contributed by atoms with E-state index < -0.39 is 0 Å². The maximum atomic E-state index is 12.0. The molecule has 3 heterocycles. The van der Waals surface area contributed by atoms with Crippen molar-refractivity contribution < 1.29 is 4.79 Å². The molecule has 3 aromatic rings. The summed E-state index contributed by atoms with van der Waals surface area (Å²) < 4.78 is 1.84. The zero-order valence-electron chi connectivity index (χ0n) is 13.3. The number of pyridine rings is 1. The molecule has 8 heteroatoms. The van der Waals surface area contributed by atoms with Crippen molar-refractivity contribution in [2.75, 3.05) is 5.75 Å². The van der Waals surface area contributed by atoms with E-state index in [2.05, 4.69) is 20.3 Å². The normalized spacial score (nSPS) is 11.0. The first-order valence-corrected chi connectivity index (χ1v) is 8.71. The Bertz CT molecular complexity index is 875. The van der Waals surface area contributed by atoms with Crippen LogP contribution in [0, 0.1) is 13.8 Å². The van der Waals surface area contributed by atoms with Crippen molar-refractivity contribution in [3.05, 3.63) is 52.7 Å². The highest BCUT2D eigenvalue weighted by atomic mass is 35.5. The first kappa shape index (κ1) is 16.7. The summed E-state index contributed by atoms with van der Waals surface area (Å²) in [5, 5.41) is 4.10. The van der Waals surface area contributed by atoms with E-state index in [9.17, 15) is 4.79 Å². The molecule has 0 radical (unpaired) electrons. The predicted octanol–water partition coefficient (Wildman–Crippen LogP) is 2.80. The summed E-state index contributed by atoms with van der Waals surface area (Å²) in [6, 6.07) is 5.52. The van der Waals surface area contributed by atoms with Crippen molar-refractivity contribution in [1.82, 2.24) is 24.7 Å². The second-order valence-corrected chi connectivity index (χ2v) is 6.72. The standard InChI is InChI=1S/C16H16ClN5OS/c1-10-5-11(2)20-16(19-10)24-9-15(23)18-6-13-8-22-7-12(17)3-4-14(22)21-13/h3-5,7-8H,6,9H2,1-2H3,(H,18,23).